The second-order valence-corrected chi connectivity index (χ2v) is 5.64. The van der Waals surface area contributed by atoms with E-state index in [0.717, 1.165) is 38.0 Å². The fourth-order valence-electron chi connectivity index (χ4n) is 2.99. The lowest BCUT2D eigenvalue weighted by atomic mass is 10.1. The molecule has 1 amide bonds. The molecular formula is C17H22N4O. The smallest absolute Gasteiger partial charge is 0.242 e. The minimum atomic E-state index is -0.221. The van der Waals surface area contributed by atoms with Gasteiger partial charge in [0.15, 0.2) is 0 Å². The molecule has 5 nitrogen and oxygen atoms in total. The summed E-state index contributed by atoms with van der Waals surface area (Å²) in [7, 11) is 0. The zero-order chi connectivity index (χ0) is 15.2. The summed E-state index contributed by atoms with van der Waals surface area (Å²) in [5.41, 5.74) is 0.975. The molecule has 5 heteroatoms. The molecule has 1 fully saturated rings. The number of carbonyl (C=O) groups excluding carboxylic acids is 1. The van der Waals surface area contributed by atoms with Crippen LogP contribution < -0.4 is 5.32 Å². The van der Waals surface area contributed by atoms with Crippen LogP contribution in [0.25, 0.3) is 0 Å². The third-order valence-corrected chi connectivity index (χ3v) is 4.09. The number of aromatic nitrogens is 2. The van der Waals surface area contributed by atoms with Gasteiger partial charge in [-0.25, -0.2) is 0 Å². The molecule has 0 bridgehead atoms. The fraction of sp³-hybridized carbons (Fsp3) is 0.412. The van der Waals surface area contributed by atoms with Crippen molar-refractivity contribution in [2.45, 2.75) is 25.4 Å². The highest BCUT2D eigenvalue weighted by Crippen LogP contribution is 2.24. The Morgan fingerprint density at radius 1 is 1.23 bits per heavy atom. The number of hydrogen-bond donors (Lipinski definition) is 1. The van der Waals surface area contributed by atoms with Gasteiger partial charge in [-0.15, -0.1) is 0 Å². The van der Waals surface area contributed by atoms with Crippen molar-refractivity contribution in [2.24, 2.45) is 0 Å². The largest absolute Gasteiger partial charge is 0.353 e. The van der Waals surface area contributed by atoms with Crippen molar-refractivity contribution in [3.8, 4) is 0 Å². The molecule has 1 aliphatic rings. The summed E-state index contributed by atoms with van der Waals surface area (Å²) in [6, 6.07) is 7.64. The Balaban J connectivity index is 1.64. The summed E-state index contributed by atoms with van der Waals surface area (Å²) < 4.78 is 2.06. The average molecular weight is 298 g/mol. The zero-order valence-corrected chi connectivity index (χ0v) is 12.7. The quantitative estimate of drug-likeness (QED) is 0.885. The third kappa shape index (κ3) is 3.54. The Hall–Kier alpha value is -2.14. The second kappa shape index (κ2) is 7.22. The Labute approximate surface area is 131 Å². The van der Waals surface area contributed by atoms with Crippen LogP contribution in [0.15, 0.2) is 49.1 Å². The number of nitrogens with zero attached hydrogens (tertiary/aromatic N) is 3. The van der Waals surface area contributed by atoms with Crippen LogP contribution in [0.4, 0.5) is 0 Å². The van der Waals surface area contributed by atoms with Gasteiger partial charge in [-0.3, -0.25) is 14.7 Å². The lowest BCUT2D eigenvalue weighted by Crippen LogP contribution is -2.40. The zero-order valence-electron chi connectivity index (χ0n) is 12.7. The van der Waals surface area contributed by atoms with E-state index in [4.69, 9.17) is 0 Å². The molecule has 0 aromatic carbocycles. The van der Waals surface area contributed by atoms with Crippen LogP contribution in [0.3, 0.4) is 0 Å². The van der Waals surface area contributed by atoms with Crippen molar-refractivity contribution < 1.29 is 4.79 Å². The van der Waals surface area contributed by atoms with Crippen LogP contribution >= 0.6 is 0 Å². The third-order valence-electron chi connectivity index (χ3n) is 4.09. The normalized spacial score (nSPS) is 16.5. The van der Waals surface area contributed by atoms with Crippen LogP contribution in [-0.4, -0.2) is 40.0 Å². The first kappa shape index (κ1) is 14.8. The molecule has 116 valence electrons. The van der Waals surface area contributed by atoms with E-state index >= 15 is 0 Å². The molecule has 0 saturated carbocycles. The van der Waals surface area contributed by atoms with Gasteiger partial charge >= 0.3 is 0 Å². The van der Waals surface area contributed by atoms with Gasteiger partial charge in [0, 0.05) is 37.9 Å². The Morgan fingerprint density at radius 3 is 2.68 bits per heavy atom. The maximum absolute atomic E-state index is 12.7. The molecule has 1 atom stereocenters. The molecule has 3 rings (SSSR count). The summed E-state index contributed by atoms with van der Waals surface area (Å²) in [6.45, 7) is 3.38. The summed E-state index contributed by atoms with van der Waals surface area (Å²) in [4.78, 5) is 19.1. The first-order chi connectivity index (χ1) is 10.8. The van der Waals surface area contributed by atoms with Gasteiger partial charge in [-0.1, -0.05) is 6.07 Å². The van der Waals surface area contributed by atoms with Crippen molar-refractivity contribution >= 4 is 5.91 Å². The van der Waals surface area contributed by atoms with E-state index in [1.165, 1.54) is 0 Å². The topological polar surface area (TPSA) is 50.2 Å². The number of carbonyl (C=O) groups is 1. The van der Waals surface area contributed by atoms with Crippen molar-refractivity contribution in [1.29, 1.82) is 0 Å². The second-order valence-electron chi connectivity index (χ2n) is 5.64. The van der Waals surface area contributed by atoms with Gasteiger partial charge in [0.2, 0.25) is 5.91 Å². The van der Waals surface area contributed by atoms with Crippen LogP contribution in [-0.2, 0) is 11.3 Å². The van der Waals surface area contributed by atoms with E-state index in [-0.39, 0.29) is 11.9 Å². The monoisotopic (exact) mass is 298 g/mol. The van der Waals surface area contributed by atoms with Crippen molar-refractivity contribution in [3.63, 3.8) is 0 Å². The number of nitrogens with one attached hydrogen (secondary N) is 1. The number of rotatable bonds is 6. The summed E-state index contributed by atoms with van der Waals surface area (Å²) in [5, 5.41) is 3.07. The standard InChI is InChI=1S/C17H22N4O/c22-17(19-8-13-20-9-1-2-10-20)16(21-11-3-4-12-21)15-6-5-7-18-14-15/h1-2,5-7,9-10,14,16H,3-4,8,11-13H2,(H,19,22)/t16-/m1/s1. The van der Waals surface area contributed by atoms with Crippen LogP contribution in [0.5, 0.6) is 0 Å². The van der Waals surface area contributed by atoms with Gasteiger partial charge < -0.3 is 9.88 Å². The summed E-state index contributed by atoms with van der Waals surface area (Å²) >= 11 is 0. The highest BCUT2D eigenvalue weighted by Gasteiger charge is 2.29. The Kier molecular flexibility index (Phi) is 4.85. The van der Waals surface area contributed by atoms with Crippen LogP contribution in [0.1, 0.15) is 24.4 Å². The maximum Gasteiger partial charge on any atom is 0.242 e. The maximum atomic E-state index is 12.7. The van der Waals surface area contributed by atoms with Gasteiger partial charge in [-0.2, -0.15) is 0 Å². The fourth-order valence-corrected chi connectivity index (χ4v) is 2.99. The highest BCUT2D eigenvalue weighted by molar-refractivity contribution is 5.83. The van der Waals surface area contributed by atoms with Gasteiger partial charge in [0.1, 0.15) is 6.04 Å². The van der Waals surface area contributed by atoms with Crippen LogP contribution in [0, 0.1) is 0 Å². The van der Waals surface area contributed by atoms with Gasteiger partial charge in [0.25, 0.3) is 0 Å². The molecule has 22 heavy (non-hydrogen) atoms. The van der Waals surface area contributed by atoms with Crippen molar-refractivity contribution in [1.82, 2.24) is 19.8 Å². The molecule has 1 saturated heterocycles. The molecule has 2 aromatic heterocycles. The van der Waals surface area contributed by atoms with Crippen LogP contribution in [0.2, 0.25) is 0 Å². The first-order valence-electron chi connectivity index (χ1n) is 7.87. The summed E-state index contributed by atoms with van der Waals surface area (Å²) in [6.07, 6.45) is 9.88. The van der Waals surface area contributed by atoms with E-state index in [9.17, 15) is 4.79 Å². The average Bonchev–Trinajstić information content (AvgIpc) is 3.22. The molecule has 0 unspecified atom stereocenters. The Bertz CT molecular complexity index is 576. The lowest BCUT2D eigenvalue weighted by molar-refractivity contribution is -0.126. The molecule has 0 spiro atoms. The minimum Gasteiger partial charge on any atom is -0.353 e. The van der Waals surface area contributed by atoms with Gasteiger partial charge in [-0.05, 0) is 49.7 Å². The predicted octanol–water partition coefficient (Wildman–Crippen LogP) is 1.84. The van der Waals surface area contributed by atoms with Crippen molar-refractivity contribution in [2.75, 3.05) is 19.6 Å². The SMILES string of the molecule is O=C(NCCn1cccc1)[C@@H](c1cccnc1)N1CCCC1. The minimum absolute atomic E-state index is 0.0713. The predicted molar refractivity (Wildman–Crippen MR) is 85.2 cm³/mol. The Morgan fingerprint density at radius 2 is 2.00 bits per heavy atom. The molecule has 1 aliphatic heterocycles. The molecule has 3 heterocycles. The highest BCUT2D eigenvalue weighted by atomic mass is 16.2. The number of hydrogen-bond acceptors (Lipinski definition) is 3. The number of pyridine rings is 1. The molecule has 1 N–H and O–H groups in total. The molecule has 2 aromatic rings. The first-order valence-corrected chi connectivity index (χ1v) is 7.87. The lowest BCUT2D eigenvalue weighted by Gasteiger charge is -2.26. The molecule has 0 aliphatic carbocycles. The van der Waals surface area contributed by atoms with Crippen molar-refractivity contribution in [3.05, 3.63) is 54.6 Å². The molecular weight excluding hydrogens is 276 g/mol. The van der Waals surface area contributed by atoms with E-state index in [2.05, 4.69) is 19.8 Å². The van der Waals surface area contributed by atoms with E-state index < -0.39 is 0 Å². The number of amides is 1. The van der Waals surface area contributed by atoms with Gasteiger partial charge in [0.05, 0.1) is 0 Å². The molecule has 0 radical (unpaired) electrons. The summed E-state index contributed by atoms with van der Waals surface area (Å²) in [5.74, 6) is 0.0713. The number of likely N-dealkylation sites (tertiary alicyclic amines) is 1. The van der Waals surface area contributed by atoms with E-state index in [1.54, 1.807) is 12.4 Å². The van der Waals surface area contributed by atoms with E-state index in [1.807, 2.05) is 36.7 Å². The van der Waals surface area contributed by atoms with E-state index in [0.29, 0.717) is 6.54 Å².